The van der Waals surface area contributed by atoms with Crippen LogP contribution in [-0.2, 0) is 6.54 Å². The van der Waals surface area contributed by atoms with Crippen molar-refractivity contribution in [3.05, 3.63) is 53.4 Å². The summed E-state index contributed by atoms with van der Waals surface area (Å²) in [5.41, 5.74) is 7.35. The highest BCUT2D eigenvalue weighted by Gasteiger charge is 2.10. The second-order valence-corrected chi connectivity index (χ2v) is 3.96. The fourth-order valence-corrected chi connectivity index (χ4v) is 1.61. The standard InChI is InChI=1S/C12H13F2N3/c1-8-4-5-17(16-8)7-12(15)9-2-3-10(13)11(14)6-9/h2-6,12H,7,15H2,1H3. The molecule has 1 atom stereocenters. The van der Waals surface area contributed by atoms with Gasteiger partial charge in [-0.15, -0.1) is 0 Å². The molecule has 0 fully saturated rings. The van der Waals surface area contributed by atoms with Gasteiger partial charge < -0.3 is 5.73 Å². The summed E-state index contributed by atoms with van der Waals surface area (Å²) in [5.74, 6) is -1.74. The monoisotopic (exact) mass is 237 g/mol. The summed E-state index contributed by atoms with van der Waals surface area (Å²) in [6, 6.07) is 5.14. The lowest BCUT2D eigenvalue weighted by atomic mass is 10.1. The maximum atomic E-state index is 13.0. The smallest absolute Gasteiger partial charge is 0.159 e. The van der Waals surface area contributed by atoms with E-state index in [0.717, 1.165) is 17.8 Å². The summed E-state index contributed by atoms with van der Waals surface area (Å²) < 4.78 is 27.5. The molecule has 90 valence electrons. The lowest BCUT2D eigenvalue weighted by Gasteiger charge is -2.12. The number of aryl methyl sites for hydroxylation is 1. The van der Waals surface area contributed by atoms with E-state index in [1.54, 1.807) is 10.9 Å². The molecule has 17 heavy (non-hydrogen) atoms. The van der Waals surface area contributed by atoms with Crippen molar-refractivity contribution >= 4 is 0 Å². The Kier molecular flexibility index (Phi) is 3.19. The maximum absolute atomic E-state index is 13.0. The van der Waals surface area contributed by atoms with Crippen LogP contribution in [0.25, 0.3) is 0 Å². The number of rotatable bonds is 3. The summed E-state index contributed by atoms with van der Waals surface area (Å²) >= 11 is 0. The molecule has 0 aliphatic heterocycles. The summed E-state index contributed by atoms with van der Waals surface area (Å²) in [6.45, 7) is 2.30. The van der Waals surface area contributed by atoms with Crippen LogP contribution < -0.4 is 5.73 Å². The van der Waals surface area contributed by atoms with Gasteiger partial charge in [0.15, 0.2) is 11.6 Å². The van der Waals surface area contributed by atoms with Crippen LogP contribution in [0.2, 0.25) is 0 Å². The molecule has 0 aliphatic rings. The van der Waals surface area contributed by atoms with Crippen LogP contribution in [0.4, 0.5) is 8.78 Å². The highest BCUT2D eigenvalue weighted by Crippen LogP contribution is 2.16. The normalized spacial score (nSPS) is 12.7. The molecule has 2 rings (SSSR count). The molecule has 3 nitrogen and oxygen atoms in total. The van der Waals surface area contributed by atoms with Crippen LogP contribution in [0.15, 0.2) is 30.5 Å². The van der Waals surface area contributed by atoms with Crippen LogP contribution in [0, 0.1) is 18.6 Å². The van der Waals surface area contributed by atoms with Gasteiger partial charge in [-0.3, -0.25) is 4.68 Å². The number of nitrogens with zero attached hydrogens (tertiary/aromatic N) is 2. The molecule has 0 bridgehead atoms. The van der Waals surface area contributed by atoms with E-state index in [9.17, 15) is 8.78 Å². The van der Waals surface area contributed by atoms with Crippen molar-refractivity contribution in [2.24, 2.45) is 5.73 Å². The van der Waals surface area contributed by atoms with E-state index in [-0.39, 0.29) is 0 Å². The summed E-state index contributed by atoms with van der Waals surface area (Å²) in [7, 11) is 0. The van der Waals surface area contributed by atoms with Gasteiger partial charge in [0, 0.05) is 12.2 Å². The number of hydrogen-bond acceptors (Lipinski definition) is 2. The van der Waals surface area contributed by atoms with Crippen LogP contribution in [0.5, 0.6) is 0 Å². The van der Waals surface area contributed by atoms with Crippen LogP contribution in [-0.4, -0.2) is 9.78 Å². The average Bonchev–Trinajstić information content (AvgIpc) is 2.68. The molecule has 0 radical (unpaired) electrons. The highest BCUT2D eigenvalue weighted by atomic mass is 19.2. The van der Waals surface area contributed by atoms with Gasteiger partial charge in [-0.2, -0.15) is 5.10 Å². The van der Waals surface area contributed by atoms with E-state index >= 15 is 0 Å². The minimum Gasteiger partial charge on any atom is -0.322 e. The minimum atomic E-state index is -0.880. The Morgan fingerprint density at radius 2 is 2.06 bits per heavy atom. The van der Waals surface area contributed by atoms with E-state index in [2.05, 4.69) is 5.10 Å². The average molecular weight is 237 g/mol. The lowest BCUT2D eigenvalue weighted by Crippen LogP contribution is -2.18. The van der Waals surface area contributed by atoms with E-state index in [0.29, 0.717) is 12.1 Å². The first-order valence-electron chi connectivity index (χ1n) is 5.27. The molecule has 0 saturated heterocycles. The van der Waals surface area contributed by atoms with Crippen molar-refractivity contribution in [3.63, 3.8) is 0 Å². The van der Waals surface area contributed by atoms with Gasteiger partial charge in [0.05, 0.1) is 12.2 Å². The molecular formula is C12H13F2N3. The topological polar surface area (TPSA) is 43.8 Å². The highest BCUT2D eigenvalue weighted by molar-refractivity contribution is 5.20. The van der Waals surface area contributed by atoms with E-state index in [4.69, 9.17) is 5.73 Å². The third-order valence-corrected chi connectivity index (χ3v) is 2.53. The first kappa shape index (κ1) is 11.7. The predicted octanol–water partition coefficient (Wildman–Crippen LogP) is 2.17. The van der Waals surface area contributed by atoms with Gasteiger partial charge in [0.25, 0.3) is 0 Å². The number of hydrogen-bond donors (Lipinski definition) is 1. The fraction of sp³-hybridized carbons (Fsp3) is 0.250. The maximum Gasteiger partial charge on any atom is 0.159 e. The Bertz CT molecular complexity index is 522. The van der Waals surface area contributed by atoms with Crippen LogP contribution >= 0.6 is 0 Å². The van der Waals surface area contributed by atoms with Crippen molar-refractivity contribution in [1.29, 1.82) is 0 Å². The lowest BCUT2D eigenvalue weighted by molar-refractivity contribution is 0.494. The zero-order valence-corrected chi connectivity index (χ0v) is 9.40. The summed E-state index contributed by atoms with van der Waals surface area (Å²) in [5, 5.41) is 4.18. The van der Waals surface area contributed by atoms with E-state index < -0.39 is 17.7 Å². The molecule has 1 aromatic carbocycles. The van der Waals surface area contributed by atoms with Crippen LogP contribution in [0.3, 0.4) is 0 Å². The molecule has 0 amide bonds. The SMILES string of the molecule is Cc1ccn(CC(N)c2ccc(F)c(F)c2)n1. The largest absolute Gasteiger partial charge is 0.322 e. The first-order chi connectivity index (χ1) is 8.06. The molecule has 5 heteroatoms. The van der Waals surface area contributed by atoms with Crippen molar-refractivity contribution in [2.75, 3.05) is 0 Å². The second-order valence-electron chi connectivity index (χ2n) is 3.96. The quantitative estimate of drug-likeness (QED) is 0.889. The van der Waals surface area contributed by atoms with Crippen molar-refractivity contribution in [3.8, 4) is 0 Å². The van der Waals surface area contributed by atoms with Crippen LogP contribution in [0.1, 0.15) is 17.3 Å². The van der Waals surface area contributed by atoms with Gasteiger partial charge in [-0.05, 0) is 30.7 Å². The van der Waals surface area contributed by atoms with Gasteiger partial charge in [0.2, 0.25) is 0 Å². The molecule has 2 aromatic rings. The van der Waals surface area contributed by atoms with Gasteiger partial charge in [-0.1, -0.05) is 6.07 Å². The number of halogens is 2. The molecule has 1 aromatic heterocycles. The molecule has 0 aliphatic carbocycles. The molecular weight excluding hydrogens is 224 g/mol. The van der Waals surface area contributed by atoms with Crippen molar-refractivity contribution in [2.45, 2.75) is 19.5 Å². The Labute approximate surface area is 97.9 Å². The van der Waals surface area contributed by atoms with E-state index in [1.807, 2.05) is 13.0 Å². The second kappa shape index (κ2) is 4.63. The Balaban J connectivity index is 2.14. The first-order valence-corrected chi connectivity index (χ1v) is 5.27. The Morgan fingerprint density at radius 3 is 2.65 bits per heavy atom. The van der Waals surface area contributed by atoms with E-state index in [1.165, 1.54) is 6.07 Å². The fourth-order valence-electron chi connectivity index (χ4n) is 1.61. The molecule has 0 spiro atoms. The minimum absolute atomic E-state index is 0.413. The van der Waals surface area contributed by atoms with Gasteiger partial charge in [-0.25, -0.2) is 8.78 Å². The van der Waals surface area contributed by atoms with Gasteiger partial charge >= 0.3 is 0 Å². The van der Waals surface area contributed by atoms with Crippen molar-refractivity contribution < 1.29 is 8.78 Å². The molecule has 1 unspecified atom stereocenters. The zero-order valence-electron chi connectivity index (χ0n) is 9.40. The zero-order chi connectivity index (χ0) is 12.4. The van der Waals surface area contributed by atoms with Crippen molar-refractivity contribution in [1.82, 2.24) is 9.78 Å². The summed E-state index contributed by atoms with van der Waals surface area (Å²) in [4.78, 5) is 0. The number of benzene rings is 1. The third-order valence-electron chi connectivity index (χ3n) is 2.53. The third kappa shape index (κ3) is 2.68. The molecule has 2 N–H and O–H groups in total. The predicted molar refractivity (Wildman–Crippen MR) is 60.3 cm³/mol. The Morgan fingerprint density at radius 1 is 1.29 bits per heavy atom. The molecule has 1 heterocycles. The number of aromatic nitrogens is 2. The Hall–Kier alpha value is -1.75. The molecule has 0 saturated carbocycles. The van der Waals surface area contributed by atoms with Gasteiger partial charge in [0.1, 0.15) is 0 Å². The number of nitrogens with two attached hydrogens (primary N) is 1. The summed E-state index contributed by atoms with van der Waals surface area (Å²) in [6.07, 6.45) is 1.80.